The summed E-state index contributed by atoms with van der Waals surface area (Å²) >= 11 is 0. The number of nitrogens with one attached hydrogen (secondary N) is 1. The molecule has 0 aliphatic carbocycles. The smallest absolute Gasteiger partial charge is 0.255 e. The van der Waals surface area contributed by atoms with Crippen molar-refractivity contribution in [1.82, 2.24) is 10.2 Å². The summed E-state index contributed by atoms with van der Waals surface area (Å²) in [5, 5.41) is 2.77. The van der Waals surface area contributed by atoms with Crippen molar-refractivity contribution in [3.8, 4) is 5.75 Å². The topological polar surface area (TPSA) is 58.6 Å². The summed E-state index contributed by atoms with van der Waals surface area (Å²) in [6, 6.07) is 13.4. The standard InChI is InChI=1S/C23H24N2O3/c1-3-16-8-10-17(11-9-16)14-28-21-6-4-5-18-19(21)13-25(23(18)27)20-12-7-15(2)24-22(20)26/h4-6,8-11,20H,2-3,7,12-14H2,1H3,(H,24,26). The van der Waals surface area contributed by atoms with E-state index in [0.29, 0.717) is 43.0 Å². The third kappa shape index (κ3) is 3.40. The molecule has 5 nitrogen and oxygen atoms in total. The number of carbonyl (C=O) groups excluding carboxylic acids is 2. The fourth-order valence-electron chi connectivity index (χ4n) is 3.80. The number of hydrogen-bond donors (Lipinski definition) is 1. The van der Waals surface area contributed by atoms with Crippen LogP contribution in [-0.4, -0.2) is 22.8 Å². The molecule has 2 heterocycles. The Morgan fingerprint density at radius 2 is 1.89 bits per heavy atom. The number of ether oxygens (including phenoxy) is 1. The van der Waals surface area contributed by atoms with Gasteiger partial charge in [0.1, 0.15) is 18.4 Å². The van der Waals surface area contributed by atoms with Crippen LogP contribution >= 0.6 is 0 Å². The molecule has 2 aliphatic heterocycles. The van der Waals surface area contributed by atoms with E-state index in [4.69, 9.17) is 4.74 Å². The minimum atomic E-state index is -0.458. The van der Waals surface area contributed by atoms with E-state index in [1.807, 2.05) is 12.1 Å². The van der Waals surface area contributed by atoms with Crippen molar-refractivity contribution in [2.45, 2.75) is 45.4 Å². The van der Waals surface area contributed by atoms with E-state index < -0.39 is 6.04 Å². The molecule has 1 unspecified atom stereocenters. The minimum Gasteiger partial charge on any atom is -0.489 e. The van der Waals surface area contributed by atoms with Crippen molar-refractivity contribution in [3.05, 3.63) is 77.0 Å². The molecule has 5 heteroatoms. The number of nitrogens with zero attached hydrogens (tertiary/aromatic N) is 1. The van der Waals surface area contributed by atoms with E-state index in [1.54, 1.807) is 11.0 Å². The third-order valence-corrected chi connectivity index (χ3v) is 5.48. The number of piperidine rings is 1. The second kappa shape index (κ2) is 7.50. The lowest BCUT2D eigenvalue weighted by molar-refractivity contribution is -0.126. The maximum absolute atomic E-state index is 12.9. The first-order chi connectivity index (χ1) is 13.6. The molecule has 0 spiro atoms. The maximum Gasteiger partial charge on any atom is 0.255 e. The van der Waals surface area contributed by atoms with Crippen LogP contribution in [0.15, 0.2) is 54.7 Å². The summed E-state index contributed by atoms with van der Waals surface area (Å²) < 4.78 is 6.04. The van der Waals surface area contributed by atoms with Gasteiger partial charge >= 0.3 is 0 Å². The quantitative estimate of drug-likeness (QED) is 0.868. The maximum atomic E-state index is 12.9. The molecule has 0 bridgehead atoms. The third-order valence-electron chi connectivity index (χ3n) is 5.48. The Labute approximate surface area is 165 Å². The number of rotatable bonds is 5. The van der Waals surface area contributed by atoms with Gasteiger partial charge in [0.25, 0.3) is 5.91 Å². The first kappa shape index (κ1) is 18.3. The molecule has 2 aromatic rings. The van der Waals surface area contributed by atoms with E-state index in [2.05, 4.69) is 43.1 Å². The molecule has 2 amide bonds. The van der Waals surface area contributed by atoms with Crippen molar-refractivity contribution < 1.29 is 14.3 Å². The summed E-state index contributed by atoms with van der Waals surface area (Å²) in [4.78, 5) is 26.9. The van der Waals surface area contributed by atoms with Gasteiger partial charge in [0.15, 0.2) is 0 Å². The summed E-state index contributed by atoms with van der Waals surface area (Å²) in [5.74, 6) is 0.435. The van der Waals surface area contributed by atoms with Gasteiger partial charge in [-0.05, 0) is 42.5 Å². The number of amides is 2. The lowest BCUT2D eigenvalue weighted by Gasteiger charge is -2.31. The van der Waals surface area contributed by atoms with Gasteiger partial charge in [0.05, 0.1) is 6.54 Å². The van der Waals surface area contributed by atoms with Crippen LogP contribution in [0.25, 0.3) is 0 Å². The molecule has 2 aliphatic rings. The Balaban J connectivity index is 1.50. The summed E-state index contributed by atoms with van der Waals surface area (Å²) in [7, 11) is 0. The van der Waals surface area contributed by atoms with E-state index in [0.717, 1.165) is 17.5 Å². The van der Waals surface area contributed by atoms with Crippen LogP contribution in [0.5, 0.6) is 5.75 Å². The lowest BCUT2D eigenvalue weighted by atomic mass is 10.0. The van der Waals surface area contributed by atoms with Gasteiger partial charge in [-0.1, -0.05) is 43.8 Å². The highest BCUT2D eigenvalue weighted by Gasteiger charge is 2.39. The van der Waals surface area contributed by atoms with Crippen molar-refractivity contribution in [1.29, 1.82) is 0 Å². The zero-order chi connectivity index (χ0) is 19.7. The molecule has 28 heavy (non-hydrogen) atoms. The second-order valence-corrected chi connectivity index (χ2v) is 7.32. The average molecular weight is 376 g/mol. The molecule has 1 fully saturated rings. The predicted octanol–water partition coefficient (Wildman–Crippen LogP) is 3.58. The molecule has 1 saturated heterocycles. The van der Waals surface area contributed by atoms with Crippen LogP contribution in [0.1, 0.15) is 46.8 Å². The van der Waals surface area contributed by atoms with Crippen LogP contribution in [0.3, 0.4) is 0 Å². The van der Waals surface area contributed by atoms with Gasteiger partial charge in [-0.15, -0.1) is 0 Å². The molecule has 2 aromatic carbocycles. The highest BCUT2D eigenvalue weighted by Crippen LogP contribution is 2.34. The van der Waals surface area contributed by atoms with Crippen molar-refractivity contribution in [2.24, 2.45) is 0 Å². The number of hydrogen-bond acceptors (Lipinski definition) is 3. The van der Waals surface area contributed by atoms with Gasteiger partial charge in [-0.25, -0.2) is 0 Å². The SMILES string of the molecule is C=C1CCC(N2Cc3c(OCc4ccc(CC)cc4)cccc3C2=O)C(=O)N1. The first-order valence-electron chi connectivity index (χ1n) is 9.69. The fourth-order valence-corrected chi connectivity index (χ4v) is 3.80. The summed E-state index contributed by atoms with van der Waals surface area (Å²) in [5.41, 5.74) is 4.56. The Morgan fingerprint density at radius 1 is 1.14 bits per heavy atom. The minimum absolute atomic E-state index is 0.111. The van der Waals surface area contributed by atoms with E-state index in [9.17, 15) is 9.59 Å². The summed E-state index contributed by atoms with van der Waals surface area (Å²) in [6.45, 7) is 6.77. The van der Waals surface area contributed by atoms with Gasteiger partial charge < -0.3 is 15.0 Å². The first-order valence-corrected chi connectivity index (χ1v) is 9.69. The van der Waals surface area contributed by atoms with E-state index in [-0.39, 0.29) is 11.8 Å². The molecule has 1 N–H and O–H groups in total. The van der Waals surface area contributed by atoms with E-state index in [1.165, 1.54) is 5.56 Å². The molecule has 0 radical (unpaired) electrons. The van der Waals surface area contributed by atoms with Crippen LogP contribution in [0.4, 0.5) is 0 Å². The van der Waals surface area contributed by atoms with Crippen molar-refractivity contribution in [2.75, 3.05) is 0 Å². The Morgan fingerprint density at radius 3 is 2.61 bits per heavy atom. The van der Waals surface area contributed by atoms with Crippen LogP contribution in [0, 0.1) is 0 Å². The Bertz CT molecular complexity index is 933. The predicted molar refractivity (Wildman–Crippen MR) is 107 cm³/mol. The number of carbonyl (C=O) groups is 2. The molecule has 144 valence electrons. The van der Waals surface area contributed by atoms with Crippen molar-refractivity contribution >= 4 is 11.8 Å². The average Bonchev–Trinajstić information content (AvgIpc) is 3.04. The summed E-state index contributed by atoms with van der Waals surface area (Å²) in [6.07, 6.45) is 2.30. The number of fused-ring (bicyclic) bond motifs is 1. The molecule has 1 atom stereocenters. The zero-order valence-electron chi connectivity index (χ0n) is 16.0. The lowest BCUT2D eigenvalue weighted by Crippen LogP contribution is -2.49. The largest absolute Gasteiger partial charge is 0.489 e. The molecular formula is C23H24N2O3. The second-order valence-electron chi connectivity index (χ2n) is 7.32. The normalized spacial score (nSPS) is 18.8. The van der Waals surface area contributed by atoms with Crippen LogP contribution in [0.2, 0.25) is 0 Å². The highest BCUT2D eigenvalue weighted by atomic mass is 16.5. The Kier molecular flexibility index (Phi) is 4.90. The molecular weight excluding hydrogens is 352 g/mol. The van der Waals surface area contributed by atoms with Gasteiger partial charge in [0, 0.05) is 16.8 Å². The van der Waals surface area contributed by atoms with E-state index >= 15 is 0 Å². The Hall–Kier alpha value is -3.08. The molecule has 4 rings (SSSR count). The number of allylic oxidation sites excluding steroid dienone is 1. The van der Waals surface area contributed by atoms with Gasteiger partial charge in [-0.3, -0.25) is 9.59 Å². The van der Waals surface area contributed by atoms with Gasteiger partial charge in [0.2, 0.25) is 5.91 Å². The van der Waals surface area contributed by atoms with Gasteiger partial charge in [-0.2, -0.15) is 0 Å². The zero-order valence-corrected chi connectivity index (χ0v) is 16.0. The number of benzene rings is 2. The molecule has 0 aromatic heterocycles. The van der Waals surface area contributed by atoms with Crippen LogP contribution in [-0.2, 0) is 24.4 Å². The number of aryl methyl sites for hydroxylation is 1. The monoisotopic (exact) mass is 376 g/mol. The molecule has 0 saturated carbocycles. The highest BCUT2D eigenvalue weighted by molar-refractivity contribution is 6.02. The van der Waals surface area contributed by atoms with Crippen molar-refractivity contribution in [3.63, 3.8) is 0 Å². The van der Waals surface area contributed by atoms with Crippen LogP contribution < -0.4 is 10.1 Å². The fraction of sp³-hybridized carbons (Fsp3) is 0.304.